The first-order chi connectivity index (χ1) is 14.7. The minimum absolute atomic E-state index is 0.134. The molecule has 5 rings (SSSR count). The molecule has 8 heteroatoms. The van der Waals surface area contributed by atoms with E-state index in [4.69, 9.17) is 21.1 Å². The first-order valence-corrected chi connectivity index (χ1v) is 11.5. The van der Waals surface area contributed by atoms with Crippen LogP contribution in [0.1, 0.15) is 61.4 Å². The number of carboxylic acids is 1. The molecule has 1 aromatic rings. The molecule has 2 atom stereocenters. The summed E-state index contributed by atoms with van der Waals surface area (Å²) in [6.45, 7) is 6.55. The summed E-state index contributed by atoms with van der Waals surface area (Å²) >= 11 is 6.33. The van der Waals surface area contributed by atoms with Crippen molar-refractivity contribution in [3.63, 3.8) is 0 Å². The fourth-order valence-electron chi connectivity index (χ4n) is 6.02. The van der Waals surface area contributed by atoms with Gasteiger partial charge in [-0.25, -0.2) is 4.79 Å². The Morgan fingerprint density at radius 3 is 2.61 bits per heavy atom. The summed E-state index contributed by atoms with van der Waals surface area (Å²) in [5.41, 5.74) is 0.824. The van der Waals surface area contributed by atoms with E-state index in [0.29, 0.717) is 29.5 Å². The van der Waals surface area contributed by atoms with Gasteiger partial charge in [-0.2, -0.15) is 0 Å². The molecule has 2 N–H and O–H groups in total. The molecule has 7 nitrogen and oxygen atoms in total. The highest BCUT2D eigenvalue weighted by Gasteiger charge is 2.50. The highest BCUT2D eigenvalue weighted by atomic mass is 35.5. The normalized spacial score (nSPS) is 35.0. The standard InChI is InChI=1S/C23H29ClN2O5/c1-13-16(21(28)29)9-17(24)20-19(13)30-22(2,31-20)14-3-5-15(6-4-14)26-8-7-23(12-26)10-18(27)25-11-23/h9,14-15H,3-8,10-12H2,1-2H3,(H,25,27)(H,28,29)/t14-,15-,22?,23?. The zero-order valence-corrected chi connectivity index (χ0v) is 18.8. The zero-order valence-electron chi connectivity index (χ0n) is 18.0. The lowest BCUT2D eigenvalue weighted by Gasteiger charge is -2.40. The molecule has 2 saturated heterocycles. The third-order valence-corrected chi connectivity index (χ3v) is 8.18. The SMILES string of the molecule is Cc1c(C(=O)O)cc(Cl)c2c1OC(C)([C@H]1CC[C@H](N3CCC4(CNC(=O)C4)C3)CC1)O2. The molecule has 4 aliphatic rings. The van der Waals surface area contributed by atoms with E-state index in [1.807, 2.05) is 6.92 Å². The number of hydrogen-bond donors (Lipinski definition) is 2. The van der Waals surface area contributed by atoms with Gasteiger partial charge in [0.1, 0.15) is 0 Å². The van der Waals surface area contributed by atoms with Gasteiger partial charge < -0.3 is 19.9 Å². The van der Waals surface area contributed by atoms with Crippen molar-refractivity contribution in [2.24, 2.45) is 11.3 Å². The van der Waals surface area contributed by atoms with Gasteiger partial charge in [-0.05, 0) is 51.6 Å². The minimum atomic E-state index is -1.03. The number of fused-ring (bicyclic) bond motifs is 1. The van der Waals surface area contributed by atoms with Crippen molar-refractivity contribution in [1.29, 1.82) is 0 Å². The molecular weight excluding hydrogens is 420 g/mol. The van der Waals surface area contributed by atoms with Crippen molar-refractivity contribution >= 4 is 23.5 Å². The molecule has 31 heavy (non-hydrogen) atoms. The quantitative estimate of drug-likeness (QED) is 0.734. The maximum absolute atomic E-state index is 11.7. The van der Waals surface area contributed by atoms with Crippen molar-refractivity contribution < 1.29 is 24.2 Å². The molecule has 1 saturated carbocycles. The number of nitrogens with zero attached hydrogens (tertiary/aromatic N) is 1. The second kappa shape index (κ2) is 7.27. The zero-order chi connectivity index (χ0) is 22.0. The summed E-state index contributed by atoms with van der Waals surface area (Å²) in [6, 6.07) is 1.97. The van der Waals surface area contributed by atoms with Gasteiger partial charge in [-0.3, -0.25) is 9.69 Å². The molecule has 0 bridgehead atoms. The fourth-order valence-corrected chi connectivity index (χ4v) is 6.26. The molecule has 3 aliphatic heterocycles. The van der Waals surface area contributed by atoms with Gasteiger partial charge in [0.25, 0.3) is 5.79 Å². The van der Waals surface area contributed by atoms with E-state index in [1.54, 1.807) is 6.92 Å². The summed E-state index contributed by atoms with van der Waals surface area (Å²) in [5, 5.41) is 12.7. The average Bonchev–Trinajstić information content (AvgIpc) is 3.43. The summed E-state index contributed by atoms with van der Waals surface area (Å²) in [6.07, 6.45) is 5.82. The molecule has 0 aromatic heterocycles. The van der Waals surface area contributed by atoms with Gasteiger partial charge >= 0.3 is 5.97 Å². The number of nitrogens with one attached hydrogen (secondary N) is 1. The van der Waals surface area contributed by atoms with Gasteiger partial charge in [0.15, 0.2) is 11.5 Å². The topological polar surface area (TPSA) is 88.1 Å². The van der Waals surface area contributed by atoms with E-state index >= 15 is 0 Å². The summed E-state index contributed by atoms with van der Waals surface area (Å²) in [7, 11) is 0. The van der Waals surface area contributed by atoms with Crippen LogP contribution in [-0.2, 0) is 4.79 Å². The van der Waals surface area contributed by atoms with Crippen molar-refractivity contribution in [2.75, 3.05) is 19.6 Å². The van der Waals surface area contributed by atoms with E-state index in [2.05, 4.69) is 10.2 Å². The number of likely N-dealkylation sites (tertiary alicyclic amines) is 1. The van der Waals surface area contributed by atoms with Crippen LogP contribution in [0.5, 0.6) is 11.5 Å². The number of carbonyl (C=O) groups is 2. The summed E-state index contributed by atoms with van der Waals surface area (Å²) in [5.74, 6) is -0.572. The largest absolute Gasteiger partial charge is 0.478 e. The van der Waals surface area contributed by atoms with E-state index in [9.17, 15) is 14.7 Å². The number of carboxylic acid groups (broad SMARTS) is 1. The van der Waals surface area contributed by atoms with Crippen molar-refractivity contribution in [3.05, 3.63) is 22.2 Å². The average molecular weight is 449 g/mol. The van der Waals surface area contributed by atoms with Gasteiger partial charge in [0.2, 0.25) is 5.91 Å². The van der Waals surface area contributed by atoms with E-state index in [-0.39, 0.29) is 27.8 Å². The Morgan fingerprint density at radius 1 is 1.26 bits per heavy atom. The molecule has 1 spiro atoms. The lowest BCUT2D eigenvalue weighted by atomic mass is 9.80. The predicted octanol–water partition coefficient (Wildman–Crippen LogP) is 3.60. The highest BCUT2D eigenvalue weighted by molar-refractivity contribution is 6.32. The number of halogens is 1. The predicted molar refractivity (Wildman–Crippen MR) is 115 cm³/mol. The Labute approximate surface area is 187 Å². The van der Waals surface area contributed by atoms with Crippen LogP contribution in [0.3, 0.4) is 0 Å². The van der Waals surface area contributed by atoms with Gasteiger partial charge in [0.05, 0.1) is 10.6 Å². The third kappa shape index (κ3) is 3.46. The lowest BCUT2D eigenvalue weighted by Crippen LogP contribution is -2.47. The summed E-state index contributed by atoms with van der Waals surface area (Å²) < 4.78 is 12.5. The van der Waals surface area contributed by atoms with Crippen molar-refractivity contribution in [1.82, 2.24) is 10.2 Å². The van der Waals surface area contributed by atoms with Crippen molar-refractivity contribution in [2.45, 2.75) is 64.2 Å². The number of rotatable bonds is 3. The molecule has 0 radical (unpaired) electrons. The monoisotopic (exact) mass is 448 g/mol. The van der Waals surface area contributed by atoms with Crippen LogP contribution in [-0.4, -0.2) is 53.3 Å². The Kier molecular flexibility index (Phi) is 4.90. The molecule has 3 heterocycles. The van der Waals surface area contributed by atoms with Crippen LogP contribution in [0.25, 0.3) is 0 Å². The van der Waals surface area contributed by atoms with Crippen LogP contribution in [0.15, 0.2) is 6.07 Å². The van der Waals surface area contributed by atoms with Crippen LogP contribution >= 0.6 is 11.6 Å². The van der Waals surface area contributed by atoms with E-state index in [1.165, 1.54) is 6.07 Å². The molecule has 1 amide bonds. The molecule has 2 unspecified atom stereocenters. The Hall–Kier alpha value is -1.99. The van der Waals surface area contributed by atoms with Crippen LogP contribution in [0, 0.1) is 18.3 Å². The molecular formula is C23H29ClN2O5. The van der Waals surface area contributed by atoms with Gasteiger partial charge in [0, 0.05) is 49.4 Å². The first-order valence-electron chi connectivity index (χ1n) is 11.1. The molecule has 3 fully saturated rings. The van der Waals surface area contributed by atoms with Gasteiger partial charge in [-0.15, -0.1) is 0 Å². The number of amides is 1. The number of carbonyl (C=O) groups excluding carboxylic acids is 1. The number of ether oxygens (including phenoxy) is 2. The minimum Gasteiger partial charge on any atom is -0.478 e. The highest BCUT2D eigenvalue weighted by Crippen LogP contribution is 2.52. The van der Waals surface area contributed by atoms with E-state index in [0.717, 1.165) is 51.7 Å². The lowest BCUT2D eigenvalue weighted by molar-refractivity contribution is -0.124. The fraction of sp³-hybridized carbons (Fsp3) is 0.652. The number of benzene rings is 1. The second-order valence-electron chi connectivity index (χ2n) is 9.89. The van der Waals surface area contributed by atoms with Gasteiger partial charge in [-0.1, -0.05) is 11.6 Å². The smallest absolute Gasteiger partial charge is 0.336 e. The van der Waals surface area contributed by atoms with Crippen LogP contribution in [0.2, 0.25) is 5.02 Å². The Morgan fingerprint density at radius 2 is 1.97 bits per heavy atom. The first kappa shape index (κ1) is 20.9. The summed E-state index contributed by atoms with van der Waals surface area (Å²) in [4.78, 5) is 25.8. The molecule has 168 valence electrons. The Balaban J connectivity index is 1.25. The third-order valence-electron chi connectivity index (χ3n) is 7.90. The maximum Gasteiger partial charge on any atom is 0.336 e. The number of aromatic carboxylic acids is 1. The molecule has 1 aliphatic carbocycles. The Bertz CT molecular complexity index is 944. The molecule has 1 aromatic carbocycles. The second-order valence-corrected chi connectivity index (χ2v) is 10.3. The van der Waals surface area contributed by atoms with E-state index < -0.39 is 11.8 Å². The number of hydrogen-bond acceptors (Lipinski definition) is 5. The maximum atomic E-state index is 11.7. The van der Waals surface area contributed by atoms with Crippen molar-refractivity contribution in [3.8, 4) is 11.5 Å². The van der Waals surface area contributed by atoms with Crippen LogP contribution in [0.4, 0.5) is 0 Å². The van der Waals surface area contributed by atoms with Crippen LogP contribution < -0.4 is 14.8 Å².